The summed E-state index contributed by atoms with van der Waals surface area (Å²) in [6.45, 7) is 13.7. The summed E-state index contributed by atoms with van der Waals surface area (Å²) in [5.74, 6) is 0.618. The molecular formula is C21H36N6O4. The third-order valence-electron chi connectivity index (χ3n) is 4.25. The van der Waals surface area contributed by atoms with Crippen LogP contribution in [0.15, 0.2) is 12.4 Å². The summed E-state index contributed by atoms with van der Waals surface area (Å²) in [6, 6.07) is 0.317. The number of nitrogens with zero attached hydrogens (tertiary/aromatic N) is 4. The predicted octanol–water partition coefficient (Wildman–Crippen LogP) is 2.15. The van der Waals surface area contributed by atoms with Crippen LogP contribution < -0.4 is 15.5 Å². The van der Waals surface area contributed by atoms with E-state index in [4.69, 9.17) is 9.47 Å². The number of carbonyl (C=O) groups excluding carboxylic acids is 2. The molecule has 0 aromatic carbocycles. The van der Waals surface area contributed by atoms with Crippen LogP contribution in [-0.4, -0.2) is 77.5 Å². The third-order valence-corrected chi connectivity index (χ3v) is 4.25. The number of rotatable bonds is 5. The second-order valence-electron chi connectivity index (χ2n) is 9.59. The Labute approximate surface area is 184 Å². The van der Waals surface area contributed by atoms with Crippen molar-refractivity contribution in [3.8, 4) is 0 Å². The fourth-order valence-electron chi connectivity index (χ4n) is 3.00. The van der Waals surface area contributed by atoms with E-state index in [9.17, 15) is 9.59 Å². The van der Waals surface area contributed by atoms with E-state index in [0.29, 0.717) is 17.6 Å². The average Bonchev–Trinajstić information content (AvgIpc) is 2.64. The standard InChI is InChI=1S/C21H36N6O4/c1-20(2,3)30-18(28)27(19(29)31-21(4,5)6)13-15-10-24-17(25-11-15)26-9-8-23-16(14-26)12-22-7/h10-11,16,22-23H,8-9,12-14H2,1-7H3. The van der Waals surface area contributed by atoms with Crippen molar-refractivity contribution >= 4 is 18.1 Å². The molecule has 2 heterocycles. The number of imide groups is 1. The van der Waals surface area contributed by atoms with Crippen LogP contribution >= 0.6 is 0 Å². The first-order valence-corrected chi connectivity index (χ1v) is 10.6. The SMILES string of the molecule is CNCC1CN(c2ncc(CN(C(=O)OC(C)(C)C)C(=O)OC(C)(C)C)cn2)CCN1. The molecular weight excluding hydrogens is 400 g/mol. The van der Waals surface area contributed by atoms with Crippen LogP contribution in [0.1, 0.15) is 47.1 Å². The highest BCUT2D eigenvalue weighted by molar-refractivity contribution is 5.88. The number of likely N-dealkylation sites (N-methyl/N-ethyl adjacent to an activating group) is 1. The van der Waals surface area contributed by atoms with Gasteiger partial charge in [-0.2, -0.15) is 0 Å². The fourth-order valence-corrected chi connectivity index (χ4v) is 3.00. The van der Waals surface area contributed by atoms with Gasteiger partial charge in [-0.25, -0.2) is 24.5 Å². The van der Waals surface area contributed by atoms with Crippen molar-refractivity contribution in [2.45, 2.75) is 65.3 Å². The molecule has 1 aliphatic rings. The van der Waals surface area contributed by atoms with Crippen LogP contribution in [0.4, 0.5) is 15.5 Å². The monoisotopic (exact) mass is 436 g/mol. The topological polar surface area (TPSA) is 109 Å². The molecule has 0 radical (unpaired) electrons. The normalized spacial score (nSPS) is 17.3. The number of hydrogen-bond donors (Lipinski definition) is 2. The highest BCUT2D eigenvalue weighted by Gasteiger charge is 2.31. The predicted molar refractivity (Wildman–Crippen MR) is 118 cm³/mol. The van der Waals surface area contributed by atoms with E-state index in [1.54, 1.807) is 53.9 Å². The van der Waals surface area contributed by atoms with Crippen molar-refractivity contribution in [2.24, 2.45) is 0 Å². The molecule has 31 heavy (non-hydrogen) atoms. The third kappa shape index (κ3) is 8.29. The number of carbonyl (C=O) groups is 2. The molecule has 1 aromatic rings. The molecule has 10 nitrogen and oxygen atoms in total. The van der Waals surface area contributed by atoms with Gasteiger partial charge in [0.25, 0.3) is 0 Å². The van der Waals surface area contributed by atoms with Gasteiger partial charge < -0.3 is 25.0 Å². The number of hydrogen-bond acceptors (Lipinski definition) is 9. The first-order valence-electron chi connectivity index (χ1n) is 10.6. The molecule has 1 saturated heterocycles. The molecule has 1 aromatic heterocycles. The van der Waals surface area contributed by atoms with Crippen LogP contribution in [0, 0.1) is 0 Å². The lowest BCUT2D eigenvalue weighted by atomic mass is 10.2. The molecule has 174 valence electrons. The van der Waals surface area contributed by atoms with Gasteiger partial charge in [-0.15, -0.1) is 0 Å². The minimum absolute atomic E-state index is 0.0476. The maximum atomic E-state index is 12.6. The molecule has 1 fully saturated rings. The molecule has 1 aliphatic heterocycles. The zero-order valence-electron chi connectivity index (χ0n) is 19.7. The van der Waals surface area contributed by atoms with Crippen molar-refractivity contribution in [3.05, 3.63) is 18.0 Å². The zero-order valence-corrected chi connectivity index (χ0v) is 19.7. The van der Waals surface area contributed by atoms with Gasteiger partial charge in [0.05, 0.1) is 6.54 Å². The lowest BCUT2D eigenvalue weighted by Gasteiger charge is -2.33. The maximum Gasteiger partial charge on any atom is 0.420 e. The minimum atomic E-state index is -0.775. The number of aromatic nitrogens is 2. The molecule has 2 N–H and O–H groups in total. The highest BCUT2D eigenvalue weighted by atomic mass is 16.6. The Kier molecular flexibility index (Phi) is 8.19. The molecule has 0 aliphatic carbocycles. The summed E-state index contributed by atoms with van der Waals surface area (Å²) >= 11 is 0. The molecule has 0 saturated carbocycles. The molecule has 2 amide bonds. The van der Waals surface area contributed by atoms with E-state index in [0.717, 1.165) is 31.1 Å². The molecule has 2 rings (SSSR count). The van der Waals surface area contributed by atoms with Crippen LogP contribution in [0.5, 0.6) is 0 Å². The van der Waals surface area contributed by atoms with Gasteiger partial charge >= 0.3 is 12.2 Å². The molecule has 0 bridgehead atoms. The summed E-state index contributed by atoms with van der Waals surface area (Å²) in [6.07, 6.45) is 1.70. The van der Waals surface area contributed by atoms with Crippen molar-refractivity contribution in [1.29, 1.82) is 0 Å². The van der Waals surface area contributed by atoms with Crippen LogP contribution in [0.3, 0.4) is 0 Å². The summed E-state index contributed by atoms with van der Waals surface area (Å²) in [5, 5.41) is 6.62. The number of anilines is 1. The van der Waals surface area contributed by atoms with Gasteiger partial charge in [0.1, 0.15) is 11.2 Å². The number of amides is 2. The second-order valence-corrected chi connectivity index (χ2v) is 9.59. The van der Waals surface area contributed by atoms with Gasteiger partial charge in [-0.1, -0.05) is 0 Å². The average molecular weight is 437 g/mol. The van der Waals surface area contributed by atoms with Crippen molar-refractivity contribution in [2.75, 3.05) is 38.1 Å². The largest absolute Gasteiger partial charge is 0.443 e. The van der Waals surface area contributed by atoms with Gasteiger partial charge in [-0.05, 0) is 48.6 Å². The van der Waals surface area contributed by atoms with Gasteiger partial charge in [0.15, 0.2) is 0 Å². The minimum Gasteiger partial charge on any atom is -0.443 e. The summed E-state index contributed by atoms with van der Waals surface area (Å²) in [7, 11) is 1.92. The smallest absolute Gasteiger partial charge is 0.420 e. The Hall–Kier alpha value is -2.46. The molecule has 10 heteroatoms. The van der Waals surface area contributed by atoms with E-state index in [1.807, 2.05) is 7.05 Å². The fraction of sp³-hybridized carbons (Fsp3) is 0.714. The number of ether oxygens (including phenoxy) is 2. The van der Waals surface area contributed by atoms with E-state index < -0.39 is 23.4 Å². The molecule has 1 unspecified atom stereocenters. The van der Waals surface area contributed by atoms with Crippen LogP contribution in [-0.2, 0) is 16.0 Å². The van der Waals surface area contributed by atoms with Gasteiger partial charge in [0.2, 0.25) is 5.95 Å². The quantitative estimate of drug-likeness (QED) is 0.717. The van der Waals surface area contributed by atoms with Crippen molar-refractivity contribution < 1.29 is 19.1 Å². The van der Waals surface area contributed by atoms with Gasteiger partial charge in [-0.3, -0.25) is 0 Å². The Morgan fingerprint density at radius 2 is 1.68 bits per heavy atom. The molecule has 0 spiro atoms. The zero-order chi connectivity index (χ0) is 23.2. The Morgan fingerprint density at radius 1 is 1.13 bits per heavy atom. The number of piperazine rings is 1. The van der Waals surface area contributed by atoms with Gasteiger partial charge in [0, 0.05) is 50.2 Å². The first-order chi connectivity index (χ1) is 14.4. The summed E-state index contributed by atoms with van der Waals surface area (Å²) < 4.78 is 10.8. The Bertz CT molecular complexity index is 712. The van der Waals surface area contributed by atoms with Crippen molar-refractivity contribution in [3.63, 3.8) is 0 Å². The summed E-state index contributed by atoms with van der Waals surface area (Å²) in [5.41, 5.74) is -0.893. The van der Waals surface area contributed by atoms with Crippen LogP contribution in [0.2, 0.25) is 0 Å². The Morgan fingerprint density at radius 3 is 2.16 bits per heavy atom. The first kappa shape index (κ1) is 24.8. The lowest BCUT2D eigenvalue weighted by molar-refractivity contribution is -0.000273. The summed E-state index contributed by atoms with van der Waals surface area (Å²) in [4.78, 5) is 37.2. The maximum absolute atomic E-state index is 12.6. The van der Waals surface area contributed by atoms with E-state index >= 15 is 0 Å². The Balaban J connectivity index is 2.12. The van der Waals surface area contributed by atoms with E-state index in [1.165, 1.54) is 0 Å². The van der Waals surface area contributed by atoms with E-state index in [-0.39, 0.29) is 6.54 Å². The number of nitrogens with one attached hydrogen (secondary N) is 2. The lowest BCUT2D eigenvalue weighted by Crippen LogP contribution is -2.54. The molecule has 1 atom stereocenters. The second kappa shape index (κ2) is 10.2. The highest BCUT2D eigenvalue weighted by Crippen LogP contribution is 2.17. The van der Waals surface area contributed by atoms with Crippen LogP contribution in [0.25, 0.3) is 0 Å². The van der Waals surface area contributed by atoms with E-state index in [2.05, 4.69) is 25.5 Å². The van der Waals surface area contributed by atoms with Crippen molar-refractivity contribution in [1.82, 2.24) is 25.5 Å².